The lowest BCUT2D eigenvalue weighted by molar-refractivity contribution is -0.124. The molecule has 2 N–H and O–H groups in total. The summed E-state index contributed by atoms with van der Waals surface area (Å²) in [6.07, 6.45) is 0.120. The summed E-state index contributed by atoms with van der Waals surface area (Å²) in [6, 6.07) is 17.0. The van der Waals surface area contributed by atoms with Crippen LogP contribution in [0.1, 0.15) is 25.1 Å². The number of furan rings is 1. The third-order valence-electron chi connectivity index (χ3n) is 4.33. The molecule has 132 valence electrons. The summed E-state index contributed by atoms with van der Waals surface area (Å²) >= 11 is 1.42. The van der Waals surface area contributed by atoms with Crippen LogP contribution in [0.25, 0.3) is 11.0 Å². The smallest absolute Gasteiger partial charge is 0.238 e. The van der Waals surface area contributed by atoms with Crippen molar-refractivity contribution in [1.29, 1.82) is 0 Å². The summed E-state index contributed by atoms with van der Waals surface area (Å²) in [6.45, 7) is 1.87. The molecule has 0 aliphatic carbocycles. The van der Waals surface area contributed by atoms with E-state index in [9.17, 15) is 9.59 Å². The van der Waals surface area contributed by atoms with E-state index >= 15 is 0 Å². The van der Waals surface area contributed by atoms with Gasteiger partial charge in [0.05, 0.1) is 17.0 Å². The lowest BCUT2D eigenvalue weighted by atomic mass is 10.2. The Hall–Kier alpha value is -2.73. The first kappa shape index (κ1) is 16.7. The molecule has 4 rings (SSSR count). The summed E-state index contributed by atoms with van der Waals surface area (Å²) < 4.78 is 5.79. The lowest BCUT2D eigenvalue weighted by Gasteiger charge is -2.24. The second kappa shape index (κ2) is 6.88. The number of fused-ring (bicyclic) bond motifs is 2. The van der Waals surface area contributed by atoms with E-state index in [0.717, 1.165) is 21.6 Å². The molecule has 0 spiro atoms. The van der Waals surface area contributed by atoms with E-state index in [0.29, 0.717) is 5.76 Å². The van der Waals surface area contributed by atoms with Gasteiger partial charge in [0.2, 0.25) is 11.8 Å². The molecule has 0 saturated heterocycles. The number of amides is 2. The minimum Gasteiger partial charge on any atom is -0.459 e. The fraction of sp³-hybridized carbons (Fsp3) is 0.200. The quantitative estimate of drug-likeness (QED) is 0.729. The maximum Gasteiger partial charge on any atom is 0.238 e. The molecule has 0 fully saturated rings. The predicted octanol–water partition coefficient (Wildman–Crippen LogP) is 4.11. The van der Waals surface area contributed by atoms with Crippen molar-refractivity contribution in [3.05, 3.63) is 60.4 Å². The van der Waals surface area contributed by atoms with E-state index in [1.165, 1.54) is 11.8 Å². The summed E-state index contributed by atoms with van der Waals surface area (Å²) in [5.41, 5.74) is 1.59. The summed E-state index contributed by atoms with van der Waals surface area (Å²) in [4.78, 5) is 25.6. The summed E-state index contributed by atoms with van der Waals surface area (Å²) in [5, 5.41) is 6.35. The predicted molar refractivity (Wildman–Crippen MR) is 102 cm³/mol. The Morgan fingerprint density at radius 2 is 2.00 bits per heavy atom. The topological polar surface area (TPSA) is 71.3 Å². The van der Waals surface area contributed by atoms with Gasteiger partial charge in [0, 0.05) is 16.7 Å². The number of rotatable bonds is 4. The van der Waals surface area contributed by atoms with Crippen LogP contribution in [-0.2, 0) is 9.59 Å². The number of nitrogens with one attached hydrogen (secondary N) is 2. The zero-order valence-corrected chi connectivity index (χ0v) is 15.0. The van der Waals surface area contributed by atoms with Crippen molar-refractivity contribution in [2.75, 3.05) is 5.32 Å². The molecule has 1 aliphatic heterocycles. The lowest BCUT2D eigenvalue weighted by Crippen LogP contribution is -2.35. The molecule has 2 amide bonds. The van der Waals surface area contributed by atoms with Crippen molar-refractivity contribution in [3.8, 4) is 0 Å². The largest absolute Gasteiger partial charge is 0.459 e. The van der Waals surface area contributed by atoms with Gasteiger partial charge >= 0.3 is 0 Å². The van der Waals surface area contributed by atoms with E-state index in [1.54, 1.807) is 0 Å². The van der Waals surface area contributed by atoms with Gasteiger partial charge in [-0.15, -0.1) is 11.8 Å². The Morgan fingerprint density at radius 3 is 2.85 bits per heavy atom. The van der Waals surface area contributed by atoms with Crippen molar-refractivity contribution < 1.29 is 14.0 Å². The first-order chi connectivity index (χ1) is 12.6. The molecular formula is C20H18N2O3S. The van der Waals surface area contributed by atoms with Crippen LogP contribution < -0.4 is 10.6 Å². The van der Waals surface area contributed by atoms with Crippen LogP contribution in [0.15, 0.2) is 63.9 Å². The molecule has 3 aromatic rings. The SMILES string of the molecule is C[C@@H](NC(=O)C[C@@H]1Sc2ccccc2NC1=O)c1cc2ccccc2o1. The number of hydrogen-bond donors (Lipinski definition) is 2. The molecule has 0 radical (unpaired) electrons. The third-order valence-corrected chi connectivity index (χ3v) is 5.60. The van der Waals surface area contributed by atoms with Crippen molar-refractivity contribution in [1.82, 2.24) is 5.32 Å². The van der Waals surface area contributed by atoms with Crippen LogP contribution >= 0.6 is 11.8 Å². The van der Waals surface area contributed by atoms with Crippen molar-refractivity contribution in [3.63, 3.8) is 0 Å². The van der Waals surface area contributed by atoms with E-state index in [2.05, 4.69) is 10.6 Å². The molecule has 2 aromatic carbocycles. The fourth-order valence-corrected chi connectivity index (χ4v) is 4.09. The van der Waals surface area contributed by atoms with Gasteiger partial charge in [-0.1, -0.05) is 30.3 Å². The van der Waals surface area contributed by atoms with Gasteiger partial charge in [0.15, 0.2) is 0 Å². The number of anilines is 1. The van der Waals surface area contributed by atoms with Crippen molar-refractivity contribution in [2.24, 2.45) is 0 Å². The molecule has 1 aliphatic rings. The Bertz CT molecular complexity index is 949. The molecule has 0 saturated carbocycles. The zero-order chi connectivity index (χ0) is 18.1. The summed E-state index contributed by atoms with van der Waals surface area (Å²) in [5.74, 6) is 0.385. The fourth-order valence-electron chi connectivity index (χ4n) is 2.98. The zero-order valence-electron chi connectivity index (χ0n) is 14.2. The van der Waals surface area contributed by atoms with Gasteiger partial charge in [0.25, 0.3) is 0 Å². The second-order valence-corrected chi connectivity index (χ2v) is 7.52. The Morgan fingerprint density at radius 1 is 1.23 bits per heavy atom. The number of thioether (sulfide) groups is 1. The minimum absolute atomic E-state index is 0.120. The molecule has 2 heterocycles. The van der Waals surface area contributed by atoms with Crippen molar-refractivity contribution >= 4 is 40.2 Å². The van der Waals surface area contributed by atoms with Gasteiger partial charge in [-0.05, 0) is 31.2 Å². The molecular weight excluding hydrogens is 348 g/mol. The van der Waals surface area contributed by atoms with Crippen LogP contribution in [0.2, 0.25) is 0 Å². The highest BCUT2D eigenvalue weighted by atomic mass is 32.2. The molecule has 1 aromatic heterocycles. The first-order valence-corrected chi connectivity index (χ1v) is 9.32. The number of benzene rings is 2. The Kier molecular flexibility index (Phi) is 4.42. The van der Waals surface area contributed by atoms with Gasteiger partial charge in [-0.25, -0.2) is 0 Å². The highest BCUT2D eigenvalue weighted by molar-refractivity contribution is 8.01. The molecule has 2 atom stereocenters. The molecule has 26 heavy (non-hydrogen) atoms. The highest BCUT2D eigenvalue weighted by Crippen LogP contribution is 2.36. The summed E-state index contributed by atoms with van der Waals surface area (Å²) in [7, 11) is 0. The monoisotopic (exact) mass is 366 g/mol. The molecule has 0 bridgehead atoms. The Labute approximate surface area is 155 Å². The Balaban J connectivity index is 1.41. The van der Waals surface area contributed by atoms with Crippen LogP contribution in [-0.4, -0.2) is 17.1 Å². The van der Waals surface area contributed by atoms with Crippen LogP contribution in [0.3, 0.4) is 0 Å². The van der Waals surface area contributed by atoms with E-state index in [-0.39, 0.29) is 24.3 Å². The number of carbonyl (C=O) groups is 2. The standard InChI is InChI=1S/C20H18N2O3S/c1-12(16-10-13-6-2-4-8-15(13)25-16)21-19(23)11-18-20(24)22-14-7-3-5-9-17(14)26-18/h2-10,12,18H,11H2,1H3,(H,21,23)(H,22,24)/t12-,18+/m1/s1. The van der Waals surface area contributed by atoms with E-state index in [1.807, 2.05) is 61.5 Å². The van der Waals surface area contributed by atoms with Gasteiger partial charge in [0.1, 0.15) is 11.3 Å². The number of hydrogen-bond acceptors (Lipinski definition) is 4. The minimum atomic E-state index is -0.437. The number of para-hydroxylation sites is 2. The first-order valence-electron chi connectivity index (χ1n) is 8.44. The average Bonchev–Trinajstić information content (AvgIpc) is 3.06. The molecule has 0 unspecified atom stereocenters. The highest BCUT2D eigenvalue weighted by Gasteiger charge is 2.29. The number of carbonyl (C=O) groups excluding carboxylic acids is 2. The van der Waals surface area contributed by atoms with Crippen LogP contribution in [0.4, 0.5) is 5.69 Å². The maximum absolute atomic E-state index is 12.4. The van der Waals surface area contributed by atoms with Gasteiger partial charge in [-0.2, -0.15) is 0 Å². The van der Waals surface area contributed by atoms with Crippen molar-refractivity contribution in [2.45, 2.75) is 29.5 Å². The molecule has 5 nitrogen and oxygen atoms in total. The van der Waals surface area contributed by atoms with Crippen LogP contribution in [0.5, 0.6) is 0 Å². The third kappa shape index (κ3) is 3.32. The molecule has 6 heteroatoms. The van der Waals surface area contributed by atoms with Gasteiger partial charge in [-0.3, -0.25) is 9.59 Å². The normalized spacial score (nSPS) is 17.4. The van der Waals surface area contributed by atoms with Crippen LogP contribution in [0, 0.1) is 0 Å². The van der Waals surface area contributed by atoms with Gasteiger partial charge < -0.3 is 15.1 Å². The average molecular weight is 366 g/mol. The van der Waals surface area contributed by atoms with E-state index in [4.69, 9.17) is 4.42 Å². The second-order valence-electron chi connectivity index (χ2n) is 6.27. The van der Waals surface area contributed by atoms with E-state index < -0.39 is 5.25 Å². The maximum atomic E-state index is 12.4.